The van der Waals surface area contributed by atoms with Crippen molar-refractivity contribution >= 4 is 19.8 Å². The van der Waals surface area contributed by atoms with Gasteiger partial charge < -0.3 is 29.7 Å². The third-order valence-corrected chi connectivity index (χ3v) is 10.4. The molecule has 0 aromatic rings. The van der Waals surface area contributed by atoms with Gasteiger partial charge in [-0.25, -0.2) is 4.57 Å². The van der Waals surface area contributed by atoms with Crippen LogP contribution in [0.4, 0.5) is 0 Å². The lowest BCUT2D eigenvalue weighted by atomic mass is 10.0. The Hall–Kier alpha value is -2.37. The summed E-state index contributed by atoms with van der Waals surface area (Å²) in [7, 11) is -4.68. The zero-order valence-corrected chi connectivity index (χ0v) is 37.9. The van der Waals surface area contributed by atoms with Crippen LogP contribution in [0.1, 0.15) is 175 Å². The van der Waals surface area contributed by atoms with Gasteiger partial charge in [-0.1, -0.05) is 178 Å². The number of hydrogen-bond donors (Lipinski definition) is 4. The van der Waals surface area contributed by atoms with Gasteiger partial charge in [0.2, 0.25) is 0 Å². The molecule has 0 spiro atoms. The largest absolute Gasteiger partial charge is 0.472 e. The van der Waals surface area contributed by atoms with Crippen LogP contribution >= 0.6 is 7.82 Å². The van der Waals surface area contributed by atoms with E-state index in [1.165, 1.54) is 77.0 Å². The molecule has 59 heavy (non-hydrogen) atoms. The van der Waals surface area contributed by atoms with E-state index in [0.717, 1.165) is 50.9 Å². The molecule has 0 aliphatic carbocycles. The number of phosphoric acid groups is 1. The number of aliphatic hydroxyl groups excluding tert-OH is 3. The summed E-state index contributed by atoms with van der Waals surface area (Å²) in [5.74, 6) is -0.307. The molecule has 2 unspecified atom stereocenters. The lowest BCUT2D eigenvalue weighted by molar-refractivity contribution is -0.161. The number of phosphoric ester groups is 1. The Morgan fingerprint density at radius 3 is 1.63 bits per heavy atom. The number of carbonyl (C=O) groups is 2. The van der Waals surface area contributed by atoms with Crippen molar-refractivity contribution in [3.63, 3.8) is 0 Å². The van der Waals surface area contributed by atoms with Gasteiger partial charge in [0.1, 0.15) is 12.7 Å². The van der Waals surface area contributed by atoms with Crippen LogP contribution in [-0.2, 0) is 32.7 Å². The minimum absolute atomic E-state index is 0.0475. The molecule has 0 aromatic carbocycles. The molecule has 0 aliphatic heterocycles. The third kappa shape index (κ3) is 42.1. The number of ether oxygens (including phenoxy) is 2. The predicted octanol–water partition coefficient (Wildman–Crippen LogP) is 11.1. The van der Waals surface area contributed by atoms with Crippen LogP contribution in [0.15, 0.2) is 60.8 Å². The molecule has 12 heteroatoms. The van der Waals surface area contributed by atoms with E-state index < -0.39 is 57.9 Å². The molecule has 0 saturated carbocycles. The summed E-state index contributed by atoms with van der Waals surface area (Å²) in [6, 6.07) is 0. The van der Waals surface area contributed by atoms with Crippen LogP contribution in [0.3, 0.4) is 0 Å². The van der Waals surface area contributed by atoms with E-state index in [9.17, 15) is 29.3 Å². The van der Waals surface area contributed by atoms with Crippen LogP contribution in [0.25, 0.3) is 0 Å². The molecule has 0 rings (SSSR count). The number of unbranched alkanes of at least 4 members (excludes halogenated alkanes) is 14. The molecule has 0 amide bonds. The standard InChI is InChI=1S/C47H83O11P/c1-4-5-6-7-8-9-10-14-18-21-24-27-30-34-43(49)35-32-37-47(52)58-45(41-57-59(53,54)56-39-44(50)38-48)40-55-46(51)36-31-28-25-22-19-16-13-11-12-15-17-20-23-26-29-33-42(2)3/h5-6,8-9,14,18,24,27,30,34,42-45,48-50H,4,7,10-13,15-17,19-23,25-26,28-29,31-33,35-41H2,1-3H3,(H,53,54)/b6-5-,9-8-,18-14-,27-24-,34-30+/t43?,44-,45+/m0/s1. The van der Waals surface area contributed by atoms with Gasteiger partial charge in [0.15, 0.2) is 6.10 Å². The fraction of sp³-hybridized carbons (Fsp3) is 0.745. The van der Waals surface area contributed by atoms with Gasteiger partial charge in [0, 0.05) is 12.8 Å². The Bertz CT molecular complexity index is 1200. The lowest BCUT2D eigenvalue weighted by Crippen LogP contribution is -2.30. The minimum atomic E-state index is -4.68. The summed E-state index contributed by atoms with van der Waals surface area (Å²) in [5.41, 5.74) is 0. The Labute approximate surface area is 358 Å². The zero-order chi connectivity index (χ0) is 43.7. The fourth-order valence-electron chi connectivity index (χ4n) is 5.97. The number of carbonyl (C=O) groups excluding carboxylic acids is 2. The summed E-state index contributed by atoms with van der Waals surface area (Å²) in [4.78, 5) is 35.1. The van der Waals surface area contributed by atoms with E-state index in [1.54, 1.807) is 12.2 Å². The van der Waals surface area contributed by atoms with Crippen molar-refractivity contribution in [3.8, 4) is 0 Å². The van der Waals surface area contributed by atoms with Gasteiger partial charge in [-0.05, 0) is 50.9 Å². The number of allylic oxidation sites excluding steroid dienone is 9. The van der Waals surface area contributed by atoms with Gasteiger partial charge in [-0.3, -0.25) is 18.6 Å². The Morgan fingerprint density at radius 1 is 0.593 bits per heavy atom. The van der Waals surface area contributed by atoms with Gasteiger partial charge >= 0.3 is 19.8 Å². The van der Waals surface area contributed by atoms with Gasteiger partial charge in [0.05, 0.1) is 25.9 Å². The number of rotatable bonds is 41. The molecule has 4 N–H and O–H groups in total. The highest BCUT2D eigenvalue weighted by atomic mass is 31.2. The average Bonchev–Trinajstić information content (AvgIpc) is 3.20. The predicted molar refractivity (Wildman–Crippen MR) is 239 cm³/mol. The molecule has 0 radical (unpaired) electrons. The Morgan fingerprint density at radius 2 is 1.08 bits per heavy atom. The highest BCUT2D eigenvalue weighted by molar-refractivity contribution is 7.47. The summed E-state index contributed by atoms with van der Waals surface area (Å²) >= 11 is 0. The molecule has 11 nitrogen and oxygen atoms in total. The van der Waals surface area contributed by atoms with Crippen LogP contribution < -0.4 is 0 Å². The van der Waals surface area contributed by atoms with Crippen molar-refractivity contribution in [2.75, 3.05) is 26.4 Å². The highest BCUT2D eigenvalue weighted by Crippen LogP contribution is 2.43. The Balaban J connectivity index is 4.44. The van der Waals surface area contributed by atoms with Crippen LogP contribution in [0.2, 0.25) is 0 Å². The molecule has 342 valence electrons. The third-order valence-electron chi connectivity index (χ3n) is 9.47. The molecule has 0 aromatic heterocycles. The quantitative estimate of drug-likeness (QED) is 0.0152. The van der Waals surface area contributed by atoms with Gasteiger partial charge in [-0.15, -0.1) is 0 Å². The van der Waals surface area contributed by atoms with E-state index in [0.29, 0.717) is 19.3 Å². The first-order valence-electron chi connectivity index (χ1n) is 22.7. The second kappa shape index (κ2) is 41.0. The topological polar surface area (TPSA) is 169 Å². The monoisotopic (exact) mass is 855 g/mol. The zero-order valence-electron chi connectivity index (χ0n) is 37.0. The highest BCUT2D eigenvalue weighted by Gasteiger charge is 2.27. The maximum Gasteiger partial charge on any atom is 0.472 e. The molecule has 0 saturated heterocycles. The first-order valence-corrected chi connectivity index (χ1v) is 24.2. The van der Waals surface area contributed by atoms with Crippen molar-refractivity contribution in [1.82, 2.24) is 0 Å². The second-order valence-electron chi connectivity index (χ2n) is 15.7. The summed E-state index contributed by atoms with van der Waals surface area (Å²) < 4.78 is 32.6. The van der Waals surface area contributed by atoms with Crippen molar-refractivity contribution in [2.24, 2.45) is 5.92 Å². The maximum atomic E-state index is 12.6. The van der Waals surface area contributed by atoms with E-state index in [1.807, 2.05) is 12.2 Å². The summed E-state index contributed by atoms with van der Waals surface area (Å²) in [6.45, 7) is 4.38. The number of hydrogen-bond acceptors (Lipinski definition) is 10. The lowest BCUT2D eigenvalue weighted by Gasteiger charge is -2.20. The fourth-order valence-corrected chi connectivity index (χ4v) is 6.76. The van der Waals surface area contributed by atoms with Crippen molar-refractivity contribution in [1.29, 1.82) is 0 Å². The second-order valence-corrected chi connectivity index (χ2v) is 17.2. The van der Waals surface area contributed by atoms with Gasteiger partial charge in [0.25, 0.3) is 0 Å². The average molecular weight is 855 g/mol. The van der Waals surface area contributed by atoms with E-state index in [2.05, 4.69) is 61.8 Å². The SMILES string of the molecule is CC/C=C\C/C=C\C/C=C\C/C=C\C=C\C(O)CCCC(=O)O[C@H](COC(=O)CCCCCCCCCCCCCCCCCC(C)C)COP(=O)(O)OC[C@@H](O)CO. The first-order chi connectivity index (χ1) is 28.5. The van der Waals surface area contributed by atoms with Crippen molar-refractivity contribution in [3.05, 3.63) is 60.8 Å². The molecule has 0 heterocycles. The maximum absolute atomic E-state index is 12.6. The minimum Gasteiger partial charge on any atom is -0.462 e. The van der Waals surface area contributed by atoms with E-state index >= 15 is 0 Å². The molecular formula is C47H83O11P. The molecule has 0 bridgehead atoms. The smallest absolute Gasteiger partial charge is 0.462 e. The van der Waals surface area contributed by atoms with Crippen molar-refractivity contribution < 1.29 is 52.9 Å². The van der Waals surface area contributed by atoms with E-state index in [4.69, 9.17) is 19.1 Å². The van der Waals surface area contributed by atoms with Crippen LogP contribution in [0, 0.1) is 5.92 Å². The first kappa shape index (κ1) is 56.6. The van der Waals surface area contributed by atoms with Crippen LogP contribution in [0.5, 0.6) is 0 Å². The molecule has 0 aliphatic rings. The number of esters is 2. The normalized spacial score (nSPS) is 15.0. The van der Waals surface area contributed by atoms with Gasteiger partial charge in [-0.2, -0.15) is 0 Å². The van der Waals surface area contributed by atoms with Crippen molar-refractivity contribution in [2.45, 2.75) is 193 Å². The number of aliphatic hydroxyl groups is 3. The molecule has 4 atom stereocenters. The van der Waals surface area contributed by atoms with Crippen LogP contribution in [-0.4, -0.2) is 76.9 Å². The molecule has 0 fully saturated rings. The summed E-state index contributed by atoms with van der Waals surface area (Å²) in [5, 5.41) is 28.6. The summed E-state index contributed by atoms with van der Waals surface area (Å²) in [6.07, 6.45) is 40.8. The van der Waals surface area contributed by atoms with E-state index in [-0.39, 0.29) is 19.4 Å². The molecular weight excluding hydrogens is 771 g/mol. The Kier molecular flexibility index (Phi) is 39.4.